The molecule has 0 atom stereocenters. The van der Waals surface area contributed by atoms with E-state index in [1.54, 1.807) is 30.3 Å². The van der Waals surface area contributed by atoms with Crippen LogP contribution in [0.1, 0.15) is 0 Å². The van der Waals surface area contributed by atoms with E-state index in [4.69, 9.17) is 27.9 Å². The van der Waals surface area contributed by atoms with E-state index in [0.29, 0.717) is 22.1 Å². The summed E-state index contributed by atoms with van der Waals surface area (Å²) in [4.78, 5) is 23.8. The molecule has 0 unspecified atom stereocenters. The summed E-state index contributed by atoms with van der Waals surface area (Å²) in [5.74, 6) is -1.24. The molecule has 5 nitrogen and oxygen atoms in total. The Morgan fingerprint density at radius 3 is 2.23 bits per heavy atom. The lowest BCUT2D eigenvalue weighted by Gasteiger charge is -2.10. The maximum Gasteiger partial charge on any atom is 0.314 e. The average Bonchev–Trinajstić information content (AvgIpc) is 2.50. The lowest BCUT2D eigenvalue weighted by atomic mass is 10.3. The van der Waals surface area contributed by atoms with Gasteiger partial charge in [0, 0.05) is 5.02 Å². The van der Waals surface area contributed by atoms with Gasteiger partial charge in [-0.2, -0.15) is 0 Å². The number of anilines is 2. The molecule has 0 saturated heterocycles. The summed E-state index contributed by atoms with van der Waals surface area (Å²) in [6.07, 6.45) is 0. The van der Waals surface area contributed by atoms with E-state index in [9.17, 15) is 9.59 Å². The van der Waals surface area contributed by atoms with Gasteiger partial charge in [0.05, 0.1) is 23.5 Å². The molecule has 0 aromatic heterocycles. The monoisotopic (exact) mass is 338 g/mol. The molecule has 0 aliphatic heterocycles. The van der Waals surface area contributed by atoms with Crippen molar-refractivity contribution in [1.29, 1.82) is 0 Å². The lowest BCUT2D eigenvalue weighted by molar-refractivity contribution is -0.133. The van der Waals surface area contributed by atoms with Crippen LogP contribution in [0.4, 0.5) is 11.4 Å². The van der Waals surface area contributed by atoms with Crippen LogP contribution in [-0.4, -0.2) is 18.9 Å². The fourth-order valence-corrected chi connectivity index (χ4v) is 2.15. The van der Waals surface area contributed by atoms with E-state index in [-0.39, 0.29) is 5.02 Å². The van der Waals surface area contributed by atoms with E-state index >= 15 is 0 Å². The van der Waals surface area contributed by atoms with Gasteiger partial charge in [-0.1, -0.05) is 35.3 Å². The molecule has 2 aromatic rings. The van der Waals surface area contributed by atoms with Crippen molar-refractivity contribution in [2.45, 2.75) is 0 Å². The Hall–Kier alpha value is -2.24. The number of nitrogens with one attached hydrogen (secondary N) is 2. The van der Waals surface area contributed by atoms with Crippen molar-refractivity contribution in [3.63, 3.8) is 0 Å². The summed E-state index contributed by atoms with van der Waals surface area (Å²) >= 11 is 11.7. The minimum Gasteiger partial charge on any atom is -0.495 e. The second-order valence-electron chi connectivity index (χ2n) is 4.23. The first-order valence-electron chi connectivity index (χ1n) is 6.21. The molecule has 2 rings (SSSR count). The average molecular weight is 339 g/mol. The van der Waals surface area contributed by atoms with Gasteiger partial charge in [-0.15, -0.1) is 0 Å². The van der Waals surface area contributed by atoms with E-state index in [1.807, 2.05) is 0 Å². The summed E-state index contributed by atoms with van der Waals surface area (Å²) in [5.41, 5.74) is 0.693. The molecule has 2 aromatic carbocycles. The molecule has 0 spiro atoms. The first-order chi connectivity index (χ1) is 10.5. The molecule has 0 fully saturated rings. The molecule has 0 aliphatic carbocycles. The number of methoxy groups -OCH3 is 1. The number of halogens is 2. The van der Waals surface area contributed by atoms with Crippen molar-refractivity contribution >= 4 is 46.4 Å². The summed E-state index contributed by atoms with van der Waals surface area (Å²) in [6, 6.07) is 11.3. The number of para-hydroxylation sites is 2. The summed E-state index contributed by atoms with van der Waals surface area (Å²) in [7, 11) is 1.47. The molecule has 2 N–H and O–H groups in total. The highest BCUT2D eigenvalue weighted by Crippen LogP contribution is 2.26. The maximum absolute atomic E-state index is 11.9. The molecule has 0 saturated carbocycles. The van der Waals surface area contributed by atoms with Crippen LogP contribution in [-0.2, 0) is 9.59 Å². The zero-order chi connectivity index (χ0) is 16.1. The first-order valence-corrected chi connectivity index (χ1v) is 6.97. The molecule has 0 radical (unpaired) electrons. The zero-order valence-electron chi connectivity index (χ0n) is 11.5. The molecular weight excluding hydrogens is 327 g/mol. The predicted molar refractivity (Wildman–Crippen MR) is 86.7 cm³/mol. The molecular formula is C15H12Cl2N2O3. The molecule has 0 aliphatic rings. The highest BCUT2D eigenvalue weighted by Gasteiger charge is 2.17. The number of benzene rings is 2. The van der Waals surface area contributed by atoms with Crippen LogP contribution in [0.2, 0.25) is 10.0 Å². The molecule has 2 amide bonds. The number of rotatable bonds is 3. The van der Waals surface area contributed by atoms with Gasteiger partial charge < -0.3 is 15.4 Å². The third kappa shape index (κ3) is 3.90. The number of hydrogen-bond acceptors (Lipinski definition) is 3. The van der Waals surface area contributed by atoms with Gasteiger partial charge in [-0.3, -0.25) is 9.59 Å². The summed E-state index contributed by atoms with van der Waals surface area (Å²) < 4.78 is 5.09. The molecule has 114 valence electrons. The van der Waals surface area contributed by atoms with Gasteiger partial charge in [-0.25, -0.2) is 0 Å². The number of hydrogen-bond donors (Lipinski definition) is 2. The standard InChI is InChI=1S/C15H12Cl2N2O3/c1-22-13-5-3-2-4-12(13)19-15(21)14(20)18-11-7-6-9(16)8-10(11)17/h2-8H,1H3,(H,18,20)(H,19,21). The highest BCUT2D eigenvalue weighted by atomic mass is 35.5. The normalized spacial score (nSPS) is 9.95. The Morgan fingerprint density at radius 2 is 1.59 bits per heavy atom. The van der Waals surface area contributed by atoms with Crippen molar-refractivity contribution in [1.82, 2.24) is 0 Å². The third-order valence-electron chi connectivity index (χ3n) is 2.74. The lowest BCUT2D eigenvalue weighted by Crippen LogP contribution is -2.29. The molecule has 0 bridgehead atoms. The Bertz CT molecular complexity index is 720. The predicted octanol–water partition coefficient (Wildman–Crippen LogP) is 3.58. The second-order valence-corrected chi connectivity index (χ2v) is 5.08. The van der Waals surface area contributed by atoms with Gasteiger partial charge in [-0.05, 0) is 30.3 Å². The second kappa shape index (κ2) is 7.15. The fourth-order valence-electron chi connectivity index (χ4n) is 1.70. The molecule has 22 heavy (non-hydrogen) atoms. The van der Waals surface area contributed by atoms with Gasteiger partial charge in [0.1, 0.15) is 5.75 Å². The van der Waals surface area contributed by atoms with Crippen LogP contribution in [0, 0.1) is 0 Å². The number of amides is 2. The third-order valence-corrected chi connectivity index (χ3v) is 3.29. The Labute approximate surface area is 137 Å². The first kappa shape index (κ1) is 16.1. The van der Waals surface area contributed by atoms with Crippen molar-refractivity contribution in [2.24, 2.45) is 0 Å². The quantitative estimate of drug-likeness (QED) is 0.840. The van der Waals surface area contributed by atoms with Gasteiger partial charge in [0.25, 0.3) is 0 Å². The summed E-state index contributed by atoms with van der Waals surface area (Å²) in [6.45, 7) is 0. The topological polar surface area (TPSA) is 67.4 Å². The largest absolute Gasteiger partial charge is 0.495 e. The van der Waals surface area contributed by atoms with Crippen LogP contribution in [0.15, 0.2) is 42.5 Å². The minimum atomic E-state index is -0.852. The van der Waals surface area contributed by atoms with Crippen LogP contribution in [0.5, 0.6) is 5.75 Å². The van der Waals surface area contributed by atoms with E-state index in [2.05, 4.69) is 10.6 Å². The smallest absolute Gasteiger partial charge is 0.314 e. The number of ether oxygens (including phenoxy) is 1. The van der Waals surface area contributed by atoms with Gasteiger partial charge >= 0.3 is 11.8 Å². The van der Waals surface area contributed by atoms with E-state index in [1.165, 1.54) is 19.2 Å². The Balaban J connectivity index is 2.08. The highest BCUT2D eigenvalue weighted by molar-refractivity contribution is 6.45. The van der Waals surface area contributed by atoms with Crippen LogP contribution < -0.4 is 15.4 Å². The fraction of sp³-hybridized carbons (Fsp3) is 0.0667. The number of carbonyl (C=O) groups excluding carboxylic acids is 2. The Morgan fingerprint density at radius 1 is 0.955 bits per heavy atom. The van der Waals surface area contributed by atoms with Gasteiger partial charge in [0.2, 0.25) is 0 Å². The minimum absolute atomic E-state index is 0.242. The number of carbonyl (C=O) groups is 2. The van der Waals surface area contributed by atoms with Crippen molar-refractivity contribution < 1.29 is 14.3 Å². The van der Waals surface area contributed by atoms with Crippen LogP contribution >= 0.6 is 23.2 Å². The summed E-state index contributed by atoms with van der Waals surface area (Å²) in [5, 5.41) is 5.55. The van der Waals surface area contributed by atoms with Crippen molar-refractivity contribution in [2.75, 3.05) is 17.7 Å². The van der Waals surface area contributed by atoms with E-state index < -0.39 is 11.8 Å². The maximum atomic E-state index is 11.9. The van der Waals surface area contributed by atoms with Crippen molar-refractivity contribution in [3.05, 3.63) is 52.5 Å². The molecule has 0 heterocycles. The van der Waals surface area contributed by atoms with Crippen LogP contribution in [0.25, 0.3) is 0 Å². The van der Waals surface area contributed by atoms with Crippen LogP contribution in [0.3, 0.4) is 0 Å². The van der Waals surface area contributed by atoms with Crippen molar-refractivity contribution in [3.8, 4) is 5.75 Å². The SMILES string of the molecule is COc1ccccc1NC(=O)C(=O)Nc1ccc(Cl)cc1Cl. The zero-order valence-corrected chi connectivity index (χ0v) is 13.0. The molecule has 7 heteroatoms. The van der Waals surface area contributed by atoms with E-state index in [0.717, 1.165) is 0 Å². The Kier molecular flexibility index (Phi) is 5.25. The van der Waals surface area contributed by atoms with Gasteiger partial charge in [0.15, 0.2) is 0 Å².